The molecule has 0 radical (unpaired) electrons. The van der Waals surface area contributed by atoms with Crippen molar-refractivity contribution in [1.82, 2.24) is 29.2 Å². The first-order valence-corrected chi connectivity index (χ1v) is 12.3. The van der Waals surface area contributed by atoms with Gasteiger partial charge in [-0.1, -0.05) is 0 Å². The molecule has 1 atom stereocenters. The second kappa shape index (κ2) is 8.85. The summed E-state index contributed by atoms with van der Waals surface area (Å²) in [5, 5.41) is 0. The van der Waals surface area contributed by atoms with Gasteiger partial charge in [-0.3, -0.25) is 9.59 Å². The fourth-order valence-corrected chi connectivity index (χ4v) is 4.90. The van der Waals surface area contributed by atoms with Crippen LogP contribution in [0.25, 0.3) is 28.5 Å². The molecule has 0 unspecified atom stereocenters. The fourth-order valence-electron chi connectivity index (χ4n) is 4.90. The number of pyridine rings is 1. The van der Waals surface area contributed by atoms with Crippen LogP contribution in [0.15, 0.2) is 41.4 Å². The maximum absolute atomic E-state index is 13.2. The molecule has 1 saturated carbocycles. The highest BCUT2D eigenvalue weighted by Crippen LogP contribution is 2.34. The maximum atomic E-state index is 13.2. The van der Waals surface area contributed by atoms with Gasteiger partial charge in [-0.15, -0.1) is 0 Å². The minimum atomic E-state index is -0.160. The van der Waals surface area contributed by atoms with Crippen LogP contribution >= 0.6 is 0 Å². The topological polar surface area (TPSA) is 133 Å². The summed E-state index contributed by atoms with van der Waals surface area (Å²) in [5.74, 6) is 0.976. The van der Waals surface area contributed by atoms with E-state index >= 15 is 0 Å². The van der Waals surface area contributed by atoms with Crippen molar-refractivity contribution in [2.45, 2.75) is 39.0 Å². The van der Waals surface area contributed by atoms with Crippen molar-refractivity contribution in [3.63, 3.8) is 0 Å². The quantitative estimate of drug-likeness (QED) is 0.393. The number of nitrogen functional groups attached to an aromatic ring is 1. The molecule has 1 aliphatic carbocycles. The van der Waals surface area contributed by atoms with Gasteiger partial charge in [-0.05, 0) is 50.7 Å². The van der Waals surface area contributed by atoms with E-state index in [-0.39, 0.29) is 35.0 Å². The Morgan fingerprint density at radius 2 is 2.00 bits per heavy atom. The number of carbonyl (C=O) groups is 2. The number of oxazole rings is 1. The first kappa shape index (κ1) is 22.4. The summed E-state index contributed by atoms with van der Waals surface area (Å²) >= 11 is 0. The molecule has 1 aliphatic heterocycles. The fraction of sp³-hybridized carbons (Fsp3) is 0.385. The monoisotopic (exact) mass is 485 g/mol. The number of nitrogens with zero attached hydrogens (tertiary/aromatic N) is 6. The average Bonchev–Trinajstić information content (AvgIpc) is 3.24. The van der Waals surface area contributed by atoms with Gasteiger partial charge in [0.1, 0.15) is 23.3 Å². The zero-order valence-corrected chi connectivity index (χ0v) is 20.1. The predicted octanol–water partition coefficient (Wildman–Crippen LogP) is 3.56. The standard InChI is InChI=1S/C26H27N7O3/c1-15-12-29-20-7-5-18(14-33(15)20)21-23(25-28-9-11-36-25)31-24(27)22(30-21)19(34)6-2-16-8-10-32(13-16)26(35)17-3-4-17/h5,7,9,11-12,14,16-17H,2-4,6,8,10,13H2,1H3,(H2,27,31)/t16-/m1/s1. The molecule has 0 bridgehead atoms. The van der Waals surface area contributed by atoms with Crippen LogP contribution < -0.4 is 5.73 Å². The van der Waals surface area contributed by atoms with Gasteiger partial charge in [0.25, 0.3) is 0 Å². The van der Waals surface area contributed by atoms with Gasteiger partial charge in [0.2, 0.25) is 11.8 Å². The summed E-state index contributed by atoms with van der Waals surface area (Å²) in [6, 6.07) is 3.77. The number of rotatable bonds is 7. The minimum absolute atomic E-state index is 0.0498. The number of aromatic nitrogens is 5. The van der Waals surface area contributed by atoms with E-state index in [1.54, 1.807) is 6.20 Å². The van der Waals surface area contributed by atoms with Crippen LogP contribution in [0.3, 0.4) is 0 Å². The third-order valence-electron chi connectivity index (χ3n) is 7.09. The number of nitrogens with two attached hydrogens (primary N) is 1. The molecular weight excluding hydrogens is 458 g/mol. The molecular formula is C26H27N7O3. The SMILES string of the molecule is Cc1cnc2ccc(-c3nc(C(=O)CC[C@@H]4CCN(C(=O)C5CC5)C4)c(N)nc3-c3ncco3)cn12. The highest BCUT2D eigenvalue weighted by Gasteiger charge is 2.36. The molecule has 6 rings (SSSR count). The Bertz CT molecular complexity index is 1460. The Labute approximate surface area is 207 Å². The number of anilines is 1. The first-order chi connectivity index (χ1) is 17.5. The van der Waals surface area contributed by atoms with E-state index in [9.17, 15) is 9.59 Å². The van der Waals surface area contributed by atoms with Gasteiger partial charge in [0.05, 0.1) is 6.20 Å². The summed E-state index contributed by atoms with van der Waals surface area (Å²) in [6.45, 7) is 3.47. The van der Waals surface area contributed by atoms with Gasteiger partial charge < -0.3 is 19.5 Å². The van der Waals surface area contributed by atoms with Crippen molar-refractivity contribution in [3.8, 4) is 22.8 Å². The normalized spacial score (nSPS) is 17.7. The van der Waals surface area contributed by atoms with Crippen LogP contribution in [0.4, 0.5) is 5.82 Å². The average molecular weight is 486 g/mol. The number of amides is 1. The van der Waals surface area contributed by atoms with Gasteiger partial charge in [-0.25, -0.2) is 19.9 Å². The Kier molecular flexibility index (Phi) is 5.50. The highest BCUT2D eigenvalue weighted by molar-refractivity contribution is 5.99. The lowest BCUT2D eigenvalue weighted by molar-refractivity contribution is -0.131. The Morgan fingerprint density at radius 1 is 1.14 bits per heavy atom. The van der Waals surface area contributed by atoms with E-state index in [1.807, 2.05) is 34.6 Å². The van der Waals surface area contributed by atoms with Crippen molar-refractivity contribution in [2.75, 3.05) is 18.8 Å². The molecule has 184 valence electrons. The van der Waals surface area contributed by atoms with Crippen LogP contribution in [-0.4, -0.2) is 54.0 Å². The highest BCUT2D eigenvalue weighted by atomic mass is 16.3. The van der Waals surface area contributed by atoms with Crippen molar-refractivity contribution in [1.29, 1.82) is 0 Å². The summed E-state index contributed by atoms with van der Waals surface area (Å²) in [7, 11) is 0. The molecule has 2 fully saturated rings. The Hall–Kier alpha value is -4.08. The van der Waals surface area contributed by atoms with Crippen molar-refractivity contribution in [2.24, 2.45) is 11.8 Å². The molecule has 2 aliphatic rings. The third kappa shape index (κ3) is 4.12. The van der Waals surface area contributed by atoms with E-state index in [2.05, 4.69) is 15.0 Å². The molecule has 1 amide bonds. The predicted molar refractivity (Wildman–Crippen MR) is 132 cm³/mol. The van der Waals surface area contributed by atoms with Gasteiger partial charge in [0, 0.05) is 49.1 Å². The van der Waals surface area contributed by atoms with Gasteiger partial charge >= 0.3 is 0 Å². The van der Waals surface area contributed by atoms with Crippen LogP contribution in [0.5, 0.6) is 0 Å². The lowest BCUT2D eigenvalue weighted by atomic mass is 9.99. The van der Waals surface area contributed by atoms with E-state index in [0.29, 0.717) is 30.1 Å². The molecule has 0 aromatic carbocycles. The number of carbonyl (C=O) groups excluding carboxylic acids is 2. The minimum Gasteiger partial charge on any atom is -0.443 e. The summed E-state index contributed by atoms with van der Waals surface area (Å²) < 4.78 is 7.44. The van der Waals surface area contributed by atoms with Crippen molar-refractivity contribution < 1.29 is 14.0 Å². The zero-order chi connectivity index (χ0) is 24.8. The second-order valence-electron chi connectivity index (χ2n) is 9.71. The van der Waals surface area contributed by atoms with E-state index in [4.69, 9.17) is 15.1 Å². The van der Waals surface area contributed by atoms with Crippen LogP contribution in [0.2, 0.25) is 0 Å². The van der Waals surface area contributed by atoms with Crippen LogP contribution in [0, 0.1) is 18.8 Å². The van der Waals surface area contributed by atoms with E-state index in [0.717, 1.165) is 49.3 Å². The summed E-state index contributed by atoms with van der Waals surface area (Å²) in [5.41, 5.74) is 9.72. The molecule has 10 nitrogen and oxygen atoms in total. The summed E-state index contributed by atoms with van der Waals surface area (Å²) in [4.78, 5) is 45.4. The number of hydrogen-bond acceptors (Lipinski definition) is 8. The molecule has 10 heteroatoms. The van der Waals surface area contributed by atoms with Gasteiger partial charge in [0.15, 0.2) is 17.3 Å². The molecule has 36 heavy (non-hydrogen) atoms. The van der Waals surface area contributed by atoms with Crippen LogP contribution in [0.1, 0.15) is 48.3 Å². The molecule has 1 saturated heterocycles. The Morgan fingerprint density at radius 3 is 2.78 bits per heavy atom. The maximum Gasteiger partial charge on any atom is 0.247 e. The number of hydrogen-bond donors (Lipinski definition) is 1. The van der Waals surface area contributed by atoms with Gasteiger partial charge in [-0.2, -0.15) is 0 Å². The number of imidazole rings is 1. The van der Waals surface area contributed by atoms with E-state index in [1.165, 1.54) is 12.5 Å². The van der Waals surface area contributed by atoms with E-state index < -0.39 is 0 Å². The lowest BCUT2D eigenvalue weighted by Gasteiger charge is -2.16. The van der Waals surface area contributed by atoms with Crippen molar-refractivity contribution >= 4 is 23.2 Å². The largest absolute Gasteiger partial charge is 0.443 e. The number of Topliss-reactive ketones (excluding diaryl/α,β-unsaturated/α-hetero) is 1. The lowest BCUT2D eigenvalue weighted by Crippen LogP contribution is -2.29. The van der Waals surface area contributed by atoms with Crippen molar-refractivity contribution in [3.05, 3.63) is 48.4 Å². The summed E-state index contributed by atoms with van der Waals surface area (Å²) in [6.07, 6.45) is 10.6. The zero-order valence-electron chi connectivity index (χ0n) is 20.1. The number of ketones is 1. The first-order valence-electron chi connectivity index (χ1n) is 12.3. The molecule has 2 N–H and O–H groups in total. The molecule has 5 heterocycles. The second-order valence-corrected chi connectivity index (χ2v) is 9.71. The van der Waals surface area contributed by atoms with Crippen LogP contribution in [-0.2, 0) is 4.79 Å². The number of aryl methyl sites for hydroxylation is 1. The smallest absolute Gasteiger partial charge is 0.247 e. The number of fused-ring (bicyclic) bond motifs is 1. The third-order valence-corrected chi connectivity index (χ3v) is 7.09. The molecule has 4 aromatic rings. The Balaban J connectivity index is 1.27. The molecule has 4 aromatic heterocycles. The molecule has 0 spiro atoms. The number of likely N-dealkylation sites (tertiary alicyclic amines) is 1.